The first kappa shape index (κ1) is 19.8. The molecule has 0 radical (unpaired) electrons. The minimum atomic E-state index is -4.82. The molecule has 0 unspecified atom stereocenters. The Bertz CT molecular complexity index is 1070. The van der Waals surface area contributed by atoms with E-state index in [2.05, 4.69) is 9.84 Å². The Balaban J connectivity index is 2.10. The van der Waals surface area contributed by atoms with Crippen molar-refractivity contribution in [2.45, 2.75) is 19.8 Å². The molecule has 3 rings (SSSR count). The summed E-state index contributed by atoms with van der Waals surface area (Å²) in [6.45, 7) is 2.12. The van der Waals surface area contributed by atoms with E-state index in [4.69, 9.17) is 16.7 Å². The van der Waals surface area contributed by atoms with Crippen LogP contribution in [0.4, 0.5) is 13.2 Å². The van der Waals surface area contributed by atoms with Crippen LogP contribution in [0.2, 0.25) is 5.02 Å². The molecule has 0 saturated carbocycles. The fraction of sp³-hybridized carbons (Fsp3) is 0.158. The highest BCUT2D eigenvalue weighted by Gasteiger charge is 2.31. The maximum atomic E-state index is 12.6. The van der Waals surface area contributed by atoms with Crippen LogP contribution in [-0.2, 0) is 11.3 Å². The van der Waals surface area contributed by atoms with Gasteiger partial charge in [0.1, 0.15) is 5.75 Å². The predicted octanol–water partition coefficient (Wildman–Crippen LogP) is 5.04. The molecule has 0 bridgehead atoms. The maximum absolute atomic E-state index is 12.6. The summed E-state index contributed by atoms with van der Waals surface area (Å²) >= 11 is 5.96. The topological polar surface area (TPSA) is 64.4 Å². The third-order valence-electron chi connectivity index (χ3n) is 3.99. The molecule has 1 heterocycles. The first-order valence-corrected chi connectivity index (χ1v) is 8.42. The fourth-order valence-electron chi connectivity index (χ4n) is 2.77. The molecule has 0 amide bonds. The highest BCUT2D eigenvalue weighted by molar-refractivity contribution is 6.30. The first-order valence-electron chi connectivity index (χ1n) is 8.05. The summed E-state index contributed by atoms with van der Waals surface area (Å²) in [4.78, 5) is 10.8. The fourth-order valence-corrected chi connectivity index (χ4v) is 3.00. The van der Waals surface area contributed by atoms with Gasteiger partial charge in [-0.25, -0.2) is 4.79 Å². The van der Waals surface area contributed by atoms with Gasteiger partial charge in [0.15, 0.2) is 0 Å². The molecule has 9 heteroatoms. The van der Waals surface area contributed by atoms with Crippen LogP contribution in [-0.4, -0.2) is 27.2 Å². The molecule has 0 saturated heterocycles. The number of rotatable bonds is 5. The van der Waals surface area contributed by atoms with E-state index in [1.165, 1.54) is 22.9 Å². The molecule has 146 valence electrons. The van der Waals surface area contributed by atoms with Crippen LogP contribution in [0.1, 0.15) is 16.8 Å². The highest BCUT2D eigenvalue weighted by atomic mass is 35.5. The standard InChI is InChI=1S/C19H14ClF3N2O3/c1-11-8-13(20)3-2-12(11)10-25-17-9-14(28-19(21,22)23)4-5-15(17)16(24-25)6-7-18(26)27/h2-9H,10H2,1H3,(H,26,27). The number of hydrogen-bond donors (Lipinski definition) is 1. The molecule has 0 aliphatic carbocycles. The zero-order valence-corrected chi connectivity index (χ0v) is 15.3. The molecular weight excluding hydrogens is 397 g/mol. The Morgan fingerprint density at radius 3 is 2.68 bits per heavy atom. The Kier molecular flexibility index (Phi) is 5.33. The molecular formula is C19H14ClF3N2O3. The second kappa shape index (κ2) is 7.55. The number of aromatic nitrogens is 2. The number of fused-ring (bicyclic) bond motifs is 1. The van der Waals surface area contributed by atoms with E-state index >= 15 is 0 Å². The van der Waals surface area contributed by atoms with Gasteiger partial charge in [-0.1, -0.05) is 17.7 Å². The van der Waals surface area contributed by atoms with Crippen molar-refractivity contribution in [1.82, 2.24) is 9.78 Å². The van der Waals surface area contributed by atoms with Gasteiger partial charge in [-0.2, -0.15) is 5.10 Å². The van der Waals surface area contributed by atoms with Crippen molar-refractivity contribution in [2.24, 2.45) is 0 Å². The number of aryl methyl sites for hydroxylation is 1. The van der Waals surface area contributed by atoms with Crippen LogP contribution in [0.3, 0.4) is 0 Å². The lowest BCUT2D eigenvalue weighted by Gasteiger charge is -2.10. The molecule has 2 aromatic carbocycles. The Morgan fingerprint density at radius 1 is 1.29 bits per heavy atom. The van der Waals surface area contributed by atoms with Crippen molar-refractivity contribution < 1.29 is 27.8 Å². The largest absolute Gasteiger partial charge is 0.573 e. The summed E-state index contributed by atoms with van der Waals surface area (Å²) in [7, 11) is 0. The molecule has 28 heavy (non-hydrogen) atoms. The maximum Gasteiger partial charge on any atom is 0.573 e. The summed E-state index contributed by atoms with van der Waals surface area (Å²) in [5.41, 5.74) is 2.45. The van der Waals surface area contributed by atoms with Crippen LogP contribution in [0.5, 0.6) is 5.75 Å². The lowest BCUT2D eigenvalue weighted by atomic mass is 10.1. The molecule has 3 aromatic rings. The lowest BCUT2D eigenvalue weighted by Crippen LogP contribution is -2.17. The van der Waals surface area contributed by atoms with Gasteiger partial charge in [0, 0.05) is 22.6 Å². The van der Waals surface area contributed by atoms with Gasteiger partial charge in [-0.15, -0.1) is 13.2 Å². The zero-order valence-electron chi connectivity index (χ0n) is 14.5. The van der Waals surface area contributed by atoms with Gasteiger partial charge in [0.25, 0.3) is 0 Å². The van der Waals surface area contributed by atoms with Crippen molar-refractivity contribution in [3.05, 3.63) is 64.3 Å². The number of aliphatic carboxylic acids is 1. The summed E-state index contributed by atoms with van der Waals surface area (Å²) in [5.74, 6) is -1.55. The zero-order chi connectivity index (χ0) is 20.5. The highest BCUT2D eigenvalue weighted by Crippen LogP contribution is 2.29. The predicted molar refractivity (Wildman–Crippen MR) is 98.4 cm³/mol. The second-order valence-electron chi connectivity index (χ2n) is 6.01. The smallest absolute Gasteiger partial charge is 0.478 e. The minimum absolute atomic E-state index is 0.260. The van der Waals surface area contributed by atoms with Gasteiger partial charge in [0.05, 0.1) is 17.8 Å². The summed E-state index contributed by atoms with van der Waals surface area (Å²) in [5, 5.41) is 14.3. The SMILES string of the molecule is Cc1cc(Cl)ccc1Cn1nc(C=CC(=O)O)c2ccc(OC(F)(F)F)cc21. The number of alkyl halides is 3. The minimum Gasteiger partial charge on any atom is -0.478 e. The van der Waals surface area contributed by atoms with E-state index in [0.717, 1.165) is 23.3 Å². The molecule has 1 aromatic heterocycles. The summed E-state index contributed by atoms with van der Waals surface area (Å²) < 4.78 is 43.2. The van der Waals surface area contributed by atoms with Gasteiger partial charge in [-0.3, -0.25) is 4.68 Å². The van der Waals surface area contributed by atoms with Gasteiger partial charge >= 0.3 is 12.3 Å². The number of nitrogens with zero attached hydrogens (tertiary/aromatic N) is 2. The molecule has 0 atom stereocenters. The Hall–Kier alpha value is -3.00. The quantitative estimate of drug-likeness (QED) is 0.598. The first-order chi connectivity index (χ1) is 13.1. The Morgan fingerprint density at radius 2 is 2.04 bits per heavy atom. The van der Waals surface area contributed by atoms with Gasteiger partial charge < -0.3 is 9.84 Å². The molecule has 0 fully saturated rings. The molecule has 0 aliphatic heterocycles. The van der Waals surface area contributed by atoms with E-state index in [0.29, 0.717) is 21.6 Å². The number of hydrogen-bond acceptors (Lipinski definition) is 3. The lowest BCUT2D eigenvalue weighted by molar-refractivity contribution is -0.274. The molecule has 0 spiro atoms. The number of ether oxygens (including phenoxy) is 1. The third-order valence-corrected chi connectivity index (χ3v) is 4.23. The van der Waals surface area contributed by atoms with Gasteiger partial charge in [-0.05, 0) is 48.4 Å². The number of halogens is 4. The molecule has 0 aliphatic rings. The monoisotopic (exact) mass is 410 g/mol. The molecule has 5 nitrogen and oxygen atoms in total. The van der Waals surface area contributed by atoms with Crippen molar-refractivity contribution in [3.8, 4) is 5.75 Å². The van der Waals surface area contributed by atoms with Gasteiger partial charge in [0.2, 0.25) is 0 Å². The van der Waals surface area contributed by atoms with E-state index in [1.807, 2.05) is 6.92 Å². The number of benzene rings is 2. The van der Waals surface area contributed by atoms with E-state index < -0.39 is 12.3 Å². The average molecular weight is 411 g/mol. The third kappa shape index (κ3) is 4.64. The van der Waals surface area contributed by atoms with Crippen molar-refractivity contribution >= 4 is 34.5 Å². The number of carboxylic acids is 1. The summed E-state index contributed by atoms with van der Waals surface area (Å²) in [6, 6.07) is 9.07. The van der Waals surface area contributed by atoms with Crippen molar-refractivity contribution in [2.75, 3.05) is 0 Å². The van der Waals surface area contributed by atoms with E-state index in [9.17, 15) is 18.0 Å². The van der Waals surface area contributed by atoms with Crippen LogP contribution in [0.25, 0.3) is 17.0 Å². The normalized spacial score (nSPS) is 12.0. The summed E-state index contributed by atoms with van der Waals surface area (Å²) in [6.07, 6.45) is -2.61. The van der Waals surface area contributed by atoms with Crippen molar-refractivity contribution in [1.29, 1.82) is 0 Å². The van der Waals surface area contributed by atoms with Crippen LogP contribution in [0, 0.1) is 6.92 Å². The second-order valence-corrected chi connectivity index (χ2v) is 6.45. The van der Waals surface area contributed by atoms with Crippen LogP contribution in [0.15, 0.2) is 42.5 Å². The molecule has 1 N–H and O–H groups in total. The number of carboxylic acid groups (broad SMARTS) is 1. The van der Waals surface area contributed by atoms with Crippen molar-refractivity contribution in [3.63, 3.8) is 0 Å². The Labute approximate surface area is 162 Å². The van der Waals surface area contributed by atoms with Crippen LogP contribution < -0.4 is 4.74 Å². The average Bonchev–Trinajstić information content (AvgIpc) is 2.91. The number of carbonyl (C=O) groups is 1. The van der Waals surface area contributed by atoms with Crippen LogP contribution >= 0.6 is 11.6 Å². The van der Waals surface area contributed by atoms with E-state index in [-0.39, 0.29) is 12.3 Å². The van der Waals surface area contributed by atoms with E-state index in [1.54, 1.807) is 18.2 Å².